The number of allylic oxidation sites excluding steroid dienone is 1. The number of Topliss-reactive ketones (excluding diaryl/α,β-unsaturated/α-hetero) is 2. The Labute approximate surface area is 88.4 Å². The molecule has 0 N–H and O–H groups in total. The number of ether oxygens (including phenoxy) is 1. The number of hydrogen-bond acceptors (Lipinski definition) is 3. The summed E-state index contributed by atoms with van der Waals surface area (Å²) in [7, 11) is 1.40. The van der Waals surface area contributed by atoms with Gasteiger partial charge < -0.3 is 4.74 Å². The maximum absolute atomic E-state index is 11.8. The van der Waals surface area contributed by atoms with Crippen molar-refractivity contribution < 1.29 is 14.3 Å². The second kappa shape index (κ2) is 5.10. The van der Waals surface area contributed by atoms with Crippen molar-refractivity contribution in [2.45, 2.75) is 6.92 Å². The average molecular weight is 204 g/mol. The number of carbonyl (C=O) groups is 2. The summed E-state index contributed by atoms with van der Waals surface area (Å²) in [4.78, 5) is 23.0. The van der Waals surface area contributed by atoms with E-state index < -0.39 is 0 Å². The van der Waals surface area contributed by atoms with E-state index in [0.29, 0.717) is 5.56 Å². The number of rotatable bonds is 4. The quantitative estimate of drug-likeness (QED) is 0.248. The predicted molar refractivity (Wildman–Crippen MR) is 56.5 cm³/mol. The minimum Gasteiger partial charge on any atom is -0.503 e. The van der Waals surface area contributed by atoms with E-state index in [9.17, 15) is 9.59 Å². The number of ketones is 2. The highest BCUT2D eigenvalue weighted by Gasteiger charge is 2.16. The first-order valence-corrected chi connectivity index (χ1v) is 4.50. The fourth-order valence-corrected chi connectivity index (χ4v) is 1.16. The summed E-state index contributed by atoms with van der Waals surface area (Å²) in [5.41, 5.74) is 0.541. The average Bonchev–Trinajstić information content (AvgIpc) is 2.26. The van der Waals surface area contributed by atoms with Gasteiger partial charge in [0, 0.05) is 5.56 Å². The van der Waals surface area contributed by atoms with Crippen molar-refractivity contribution in [2.75, 3.05) is 7.11 Å². The standard InChI is InChI=1S/C12H12O3/c1-9(13)11(8-15-2)12(14)10-6-4-3-5-7-10/h3-8H,1-2H3/b11-8+. The van der Waals surface area contributed by atoms with E-state index >= 15 is 0 Å². The molecule has 1 aromatic carbocycles. The van der Waals surface area contributed by atoms with E-state index in [2.05, 4.69) is 0 Å². The molecule has 0 saturated heterocycles. The third-order valence-electron chi connectivity index (χ3n) is 1.90. The lowest BCUT2D eigenvalue weighted by Gasteiger charge is -2.02. The molecule has 1 aromatic rings. The molecule has 3 heteroatoms. The van der Waals surface area contributed by atoms with E-state index in [1.54, 1.807) is 24.3 Å². The maximum Gasteiger partial charge on any atom is 0.199 e. The van der Waals surface area contributed by atoms with Gasteiger partial charge in [-0.05, 0) is 6.92 Å². The van der Waals surface area contributed by atoms with Gasteiger partial charge in [0.25, 0.3) is 0 Å². The molecule has 0 radical (unpaired) electrons. The van der Waals surface area contributed by atoms with Gasteiger partial charge in [0.2, 0.25) is 0 Å². The van der Waals surface area contributed by atoms with Crippen LogP contribution in [-0.4, -0.2) is 18.7 Å². The third kappa shape index (κ3) is 2.77. The number of methoxy groups -OCH3 is 1. The molecule has 0 atom stereocenters. The minimum absolute atomic E-state index is 0.0590. The predicted octanol–water partition coefficient (Wildman–Crippen LogP) is 1.99. The Balaban J connectivity index is 3.02. The van der Waals surface area contributed by atoms with Crippen LogP contribution in [0, 0.1) is 0 Å². The molecule has 0 saturated carbocycles. The Bertz CT molecular complexity index is 391. The van der Waals surface area contributed by atoms with Crippen molar-refractivity contribution in [3.05, 3.63) is 47.7 Å². The smallest absolute Gasteiger partial charge is 0.199 e. The summed E-state index contributed by atoms with van der Waals surface area (Å²) in [5, 5.41) is 0. The van der Waals surface area contributed by atoms with Crippen molar-refractivity contribution in [1.29, 1.82) is 0 Å². The zero-order valence-electron chi connectivity index (χ0n) is 8.69. The molecule has 3 nitrogen and oxygen atoms in total. The van der Waals surface area contributed by atoms with Crippen molar-refractivity contribution >= 4 is 11.6 Å². The van der Waals surface area contributed by atoms with Crippen LogP contribution in [0.3, 0.4) is 0 Å². The van der Waals surface area contributed by atoms with Gasteiger partial charge in [-0.3, -0.25) is 9.59 Å². The normalized spacial score (nSPS) is 10.9. The van der Waals surface area contributed by atoms with Gasteiger partial charge in [0.15, 0.2) is 11.6 Å². The van der Waals surface area contributed by atoms with E-state index in [1.165, 1.54) is 20.3 Å². The van der Waals surface area contributed by atoms with Crippen LogP contribution in [0.25, 0.3) is 0 Å². The molecule has 0 unspecified atom stereocenters. The van der Waals surface area contributed by atoms with Crippen LogP contribution in [-0.2, 0) is 9.53 Å². The molecule has 0 aliphatic heterocycles. The molecule has 15 heavy (non-hydrogen) atoms. The first-order valence-electron chi connectivity index (χ1n) is 4.50. The van der Waals surface area contributed by atoms with Crippen LogP contribution in [0.5, 0.6) is 0 Å². The molecular weight excluding hydrogens is 192 g/mol. The van der Waals surface area contributed by atoms with Gasteiger partial charge in [0.1, 0.15) is 0 Å². The molecule has 0 aromatic heterocycles. The van der Waals surface area contributed by atoms with Crippen LogP contribution in [0.4, 0.5) is 0 Å². The van der Waals surface area contributed by atoms with Gasteiger partial charge in [-0.2, -0.15) is 0 Å². The van der Waals surface area contributed by atoms with Gasteiger partial charge in [-0.25, -0.2) is 0 Å². The third-order valence-corrected chi connectivity index (χ3v) is 1.90. The second-order valence-corrected chi connectivity index (χ2v) is 3.02. The number of hydrogen-bond donors (Lipinski definition) is 0. The zero-order chi connectivity index (χ0) is 11.3. The molecule has 0 spiro atoms. The Morgan fingerprint density at radius 1 is 1.20 bits per heavy atom. The highest BCUT2D eigenvalue weighted by molar-refractivity contribution is 6.25. The van der Waals surface area contributed by atoms with Crippen molar-refractivity contribution in [3.8, 4) is 0 Å². The fraction of sp³-hybridized carbons (Fsp3) is 0.167. The SMILES string of the molecule is CO/C=C(\C(C)=O)C(=O)c1ccccc1. The van der Waals surface area contributed by atoms with E-state index in [4.69, 9.17) is 4.74 Å². The fourth-order valence-electron chi connectivity index (χ4n) is 1.16. The first-order chi connectivity index (χ1) is 7.16. The summed E-state index contributed by atoms with van der Waals surface area (Å²) >= 11 is 0. The second-order valence-electron chi connectivity index (χ2n) is 3.02. The van der Waals surface area contributed by atoms with E-state index in [-0.39, 0.29) is 17.1 Å². The lowest BCUT2D eigenvalue weighted by atomic mass is 10.0. The molecule has 0 amide bonds. The van der Waals surface area contributed by atoms with Crippen LogP contribution in [0.2, 0.25) is 0 Å². The van der Waals surface area contributed by atoms with Crippen LogP contribution in [0.15, 0.2) is 42.2 Å². The van der Waals surface area contributed by atoms with Crippen LogP contribution < -0.4 is 0 Å². The topological polar surface area (TPSA) is 43.4 Å². The summed E-state index contributed by atoms with van der Waals surface area (Å²) in [6.45, 7) is 1.34. The van der Waals surface area contributed by atoms with Gasteiger partial charge in [0.05, 0.1) is 18.9 Å². The van der Waals surface area contributed by atoms with Crippen molar-refractivity contribution in [3.63, 3.8) is 0 Å². The molecule has 0 heterocycles. The molecule has 0 fully saturated rings. The van der Waals surface area contributed by atoms with E-state index in [0.717, 1.165) is 0 Å². The van der Waals surface area contributed by atoms with Crippen LogP contribution in [0.1, 0.15) is 17.3 Å². The molecular formula is C12H12O3. The molecule has 1 rings (SSSR count). The Morgan fingerprint density at radius 2 is 1.80 bits per heavy atom. The Morgan fingerprint density at radius 3 is 2.27 bits per heavy atom. The van der Waals surface area contributed by atoms with Gasteiger partial charge in [-0.1, -0.05) is 30.3 Å². The van der Waals surface area contributed by atoms with Crippen molar-refractivity contribution in [2.24, 2.45) is 0 Å². The summed E-state index contributed by atoms with van der Waals surface area (Å²) in [6.07, 6.45) is 1.18. The number of carbonyl (C=O) groups excluding carboxylic acids is 2. The molecule has 0 aliphatic rings. The molecule has 0 bridgehead atoms. The highest BCUT2D eigenvalue weighted by Crippen LogP contribution is 2.09. The minimum atomic E-state index is -0.315. The first kappa shape index (κ1) is 11.2. The Hall–Kier alpha value is -1.90. The maximum atomic E-state index is 11.8. The van der Waals surface area contributed by atoms with Gasteiger partial charge in [-0.15, -0.1) is 0 Å². The highest BCUT2D eigenvalue weighted by atomic mass is 16.5. The van der Waals surface area contributed by atoms with Gasteiger partial charge >= 0.3 is 0 Å². The molecule has 0 aliphatic carbocycles. The number of benzene rings is 1. The summed E-state index contributed by atoms with van der Waals surface area (Å²) in [6, 6.07) is 8.63. The van der Waals surface area contributed by atoms with E-state index in [1.807, 2.05) is 6.07 Å². The molecule has 78 valence electrons. The largest absolute Gasteiger partial charge is 0.503 e. The zero-order valence-corrected chi connectivity index (χ0v) is 8.69. The summed E-state index contributed by atoms with van der Waals surface area (Å²) in [5.74, 6) is -0.615. The lowest BCUT2D eigenvalue weighted by Crippen LogP contribution is -2.10. The van der Waals surface area contributed by atoms with Crippen molar-refractivity contribution in [1.82, 2.24) is 0 Å². The Kier molecular flexibility index (Phi) is 3.80. The lowest BCUT2D eigenvalue weighted by molar-refractivity contribution is -0.113. The monoisotopic (exact) mass is 204 g/mol. The van der Waals surface area contributed by atoms with Crippen LogP contribution >= 0.6 is 0 Å². The summed E-state index contributed by atoms with van der Waals surface area (Å²) < 4.78 is 4.70.